The first-order valence-electron chi connectivity index (χ1n) is 6.88. The number of hydrogen-bond donors (Lipinski definition) is 0. The van der Waals surface area contributed by atoms with Crippen LogP contribution in [0.5, 0.6) is 0 Å². The highest BCUT2D eigenvalue weighted by Gasteiger charge is 2.47. The van der Waals surface area contributed by atoms with Crippen molar-refractivity contribution < 1.29 is 27.5 Å². The molecule has 0 radical (unpaired) electrons. The van der Waals surface area contributed by atoms with Crippen molar-refractivity contribution in [2.45, 2.75) is 44.9 Å². The van der Waals surface area contributed by atoms with E-state index in [1.807, 2.05) is 0 Å². The first-order valence-corrected chi connectivity index (χ1v) is 6.88. The molecule has 1 saturated heterocycles. The van der Waals surface area contributed by atoms with Crippen molar-refractivity contribution in [3.8, 4) is 0 Å². The Kier molecular flexibility index (Phi) is 6.00. The summed E-state index contributed by atoms with van der Waals surface area (Å²) in [6, 6.07) is -2.07. The average molecular weight is 310 g/mol. The molecule has 0 N–H and O–H groups in total. The van der Waals surface area contributed by atoms with Crippen LogP contribution in [0.2, 0.25) is 0 Å². The maximum absolute atomic E-state index is 13.0. The molecule has 1 rings (SSSR count). The summed E-state index contributed by atoms with van der Waals surface area (Å²) in [5.41, 5.74) is 0. The summed E-state index contributed by atoms with van der Waals surface area (Å²) in [4.78, 5) is 25.6. The predicted molar refractivity (Wildman–Crippen MR) is 69.5 cm³/mol. The van der Waals surface area contributed by atoms with Gasteiger partial charge in [-0.2, -0.15) is 13.2 Å². The second kappa shape index (κ2) is 7.11. The van der Waals surface area contributed by atoms with Crippen molar-refractivity contribution in [3.63, 3.8) is 0 Å². The molecule has 1 amide bonds. The van der Waals surface area contributed by atoms with E-state index in [-0.39, 0.29) is 26.0 Å². The maximum Gasteiger partial charge on any atom is 0.405 e. The third-order valence-corrected chi connectivity index (χ3v) is 3.64. The number of hydrogen-bond acceptors (Lipinski definition) is 4. The molecule has 0 aliphatic carbocycles. The lowest BCUT2D eigenvalue weighted by molar-refractivity contribution is -0.201. The molecule has 21 heavy (non-hydrogen) atoms. The van der Waals surface area contributed by atoms with Gasteiger partial charge in [-0.15, -0.1) is 0 Å². The van der Waals surface area contributed by atoms with Gasteiger partial charge in [-0.05, 0) is 20.9 Å². The number of esters is 1. The van der Waals surface area contributed by atoms with Crippen LogP contribution in [0.3, 0.4) is 0 Å². The first-order chi connectivity index (χ1) is 9.66. The average Bonchev–Trinajstić information content (AvgIpc) is 2.38. The molecule has 2 atom stereocenters. The fraction of sp³-hybridized carbons (Fsp3) is 0.846. The van der Waals surface area contributed by atoms with E-state index >= 15 is 0 Å². The Labute approximate surface area is 122 Å². The van der Waals surface area contributed by atoms with E-state index in [0.29, 0.717) is 0 Å². The maximum atomic E-state index is 13.0. The zero-order valence-electron chi connectivity index (χ0n) is 12.4. The van der Waals surface area contributed by atoms with E-state index in [1.54, 1.807) is 13.8 Å². The molecule has 1 aliphatic heterocycles. The summed E-state index contributed by atoms with van der Waals surface area (Å²) in [6.07, 6.45) is -4.62. The number of halogens is 3. The number of likely N-dealkylation sites (N-methyl/N-ethyl adjacent to an activating group) is 1. The van der Waals surface area contributed by atoms with Crippen molar-refractivity contribution >= 4 is 11.9 Å². The normalized spacial score (nSPS) is 24.0. The molecule has 0 spiro atoms. The number of alkyl halides is 3. The van der Waals surface area contributed by atoms with Gasteiger partial charge in [0.05, 0.1) is 13.0 Å². The fourth-order valence-corrected chi connectivity index (χ4v) is 2.31. The second-order valence-electron chi connectivity index (χ2n) is 5.18. The molecule has 0 aromatic heterocycles. The Morgan fingerprint density at radius 1 is 1.24 bits per heavy atom. The van der Waals surface area contributed by atoms with Gasteiger partial charge in [-0.3, -0.25) is 14.5 Å². The van der Waals surface area contributed by atoms with Gasteiger partial charge in [0.1, 0.15) is 6.04 Å². The van der Waals surface area contributed by atoms with Crippen LogP contribution >= 0.6 is 0 Å². The quantitative estimate of drug-likeness (QED) is 0.737. The Morgan fingerprint density at radius 3 is 2.38 bits per heavy atom. The van der Waals surface area contributed by atoms with Gasteiger partial charge in [0.15, 0.2) is 0 Å². The molecule has 2 unspecified atom stereocenters. The largest absolute Gasteiger partial charge is 0.466 e. The molecular formula is C13H21F3N2O3. The van der Waals surface area contributed by atoms with Crippen LogP contribution in [0.15, 0.2) is 0 Å². The van der Waals surface area contributed by atoms with Crippen LogP contribution in [-0.2, 0) is 14.3 Å². The minimum Gasteiger partial charge on any atom is -0.466 e. The molecule has 5 nitrogen and oxygen atoms in total. The zero-order chi connectivity index (χ0) is 16.2. The minimum atomic E-state index is -4.39. The van der Waals surface area contributed by atoms with Crippen LogP contribution in [0, 0.1) is 0 Å². The van der Waals surface area contributed by atoms with Crippen molar-refractivity contribution in [3.05, 3.63) is 0 Å². The van der Waals surface area contributed by atoms with E-state index in [1.165, 1.54) is 16.8 Å². The smallest absolute Gasteiger partial charge is 0.405 e. The van der Waals surface area contributed by atoms with Crippen molar-refractivity contribution in [2.75, 3.05) is 26.7 Å². The third kappa shape index (κ3) is 4.87. The van der Waals surface area contributed by atoms with E-state index in [4.69, 9.17) is 4.74 Å². The number of nitrogens with zero attached hydrogens (tertiary/aromatic N) is 2. The van der Waals surface area contributed by atoms with Crippen molar-refractivity contribution in [2.24, 2.45) is 0 Å². The number of piperazine rings is 1. The van der Waals surface area contributed by atoms with Crippen LogP contribution in [0.1, 0.15) is 26.7 Å². The Balaban J connectivity index is 2.62. The molecule has 0 saturated carbocycles. The number of ether oxygens (including phenoxy) is 1. The van der Waals surface area contributed by atoms with Crippen LogP contribution < -0.4 is 0 Å². The van der Waals surface area contributed by atoms with Gasteiger partial charge in [-0.25, -0.2) is 0 Å². The summed E-state index contributed by atoms with van der Waals surface area (Å²) in [6.45, 7) is 3.34. The standard InChI is InChI=1S/C13H21F3N2O3/c1-4-21-12(20)6-5-11(19)18-7-9(2)17(3)10(8-18)13(14,15)16/h9-10H,4-8H2,1-3H3. The Hall–Kier alpha value is -1.31. The molecule has 0 aromatic rings. The van der Waals surface area contributed by atoms with Gasteiger partial charge >= 0.3 is 12.1 Å². The molecule has 1 heterocycles. The first kappa shape index (κ1) is 17.7. The molecule has 0 aromatic carbocycles. The van der Waals surface area contributed by atoms with E-state index in [0.717, 1.165) is 0 Å². The molecular weight excluding hydrogens is 289 g/mol. The molecule has 8 heteroatoms. The third-order valence-electron chi connectivity index (χ3n) is 3.64. The van der Waals surface area contributed by atoms with E-state index in [2.05, 4.69) is 0 Å². The molecule has 0 bridgehead atoms. The summed E-state index contributed by atoms with van der Waals surface area (Å²) >= 11 is 0. The van der Waals surface area contributed by atoms with Crippen molar-refractivity contribution in [1.82, 2.24) is 9.80 Å². The SMILES string of the molecule is CCOC(=O)CCC(=O)N1CC(C)N(C)C(C(F)(F)F)C1. The summed E-state index contributed by atoms with van der Waals surface area (Å²) in [7, 11) is 1.41. The predicted octanol–water partition coefficient (Wildman–Crippen LogP) is 1.42. The number of amides is 1. The van der Waals surface area contributed by atoms with E-state index < -0.39 is 36.7 Å². The Bertz CT molecular complexity index is 387. The number of carbonyl (C=O) groups excluding carboxylic acids is 2. The lowest BCUT2D eigenvalue weighted by atomic mass is 10.1. The second-order valence-corrected chi connectivity index (χ2v) is 5.18. The van der Waals surface area contributed by atoms with Crippen LogP contribution in [0.25, 0.3) is 0 Å². The number of rotatable bonds is 4. The molecule has 122 valence electrons. The van der Waals surface area contributed by atoms with Crippen molar-refractivity contribution in [1.29, 1.82) is 0 Å². The van der Waals surface area contributed by atoms with E-state index in [9.17, 15) is 22.8 Å². The van der Waals surface area contributed by atoms with Crippen LogP contribution in [-0.4, -0.2) is 66.7 Å². The fourth-order valence-electron chi connectivity index (χ4n) is 2.31. The highest BCUT2D eigenvalue weighted by molar-refractivity contribution is 5.81. The lowest BCUT2D eigenvalue weighted by Gasteiger charge is -2.44. The van der Waals surface area contributed by atoms with Gasteiger partial charge in [0.2, 0.25) is 5.91 Å². The highest BCUT2D eigenvalue weighted by Crippen LogP contribution is 2.29. The molecule has 1 fully saturated rings. The summed E-state index contributed by atoms with van der Waals surface area (Å²) in [5.74, 6) is -0.961. The minimum absolute atomic E-state index is 0.107. The zero-order valence-corrected chi connectivity index (χ0v) is 12.4. The highest BCUT2D eigenvalue weighted by atomic mass is 19.4. The molecule has 1 aliphatic rings. The number of carbonyl (C=O) groups is 2. The monoisotopic (exact) mass is 310 g/mol. The summed E-state index contributed by atoms with van der Waals surface area (Å²) in [5, 5.41) is 0. The Morgan fingerprint density at radius 2 is 1.86 bits per heavy atom. The topological polar surface area (TPSA) is 49.9 Å². The summed E-state index contributed by atoms with van der Waals surface area (Å²) < 4.78 is 43.6. The van der Waals surface area contributed by atoms with Gasteiger partial charge in [0.25, 0.3) is 0 Å². The van der Waals surface area contributed by atoms with Gasteiger partial charge in [-0.1, -0.05) is 0 Å². The lowest BCUT2D eigenvalue weighted by Crippen LogP contribution is -2.62. The van der Waals surface area contributed by atoms with Gasteiger partial charge < -0.3 is 9.64 Å². The van der Waals surface area contributed by atoms with Crippen LogP contribution in [0.4, 0.5) is 13.2 Å². The van der Waals surface area contributed by atoms with Gasteiger partial charge in [0, 0.05) is 25.6 Å².